The summed E-state index contributed by atoms with van der Waals surface area (Å²) in [4.78, 5) is 1.97. The van der Waals surface area contributed by atoms with Crippen molar-refractivity contribution in [2.75, 3.05) is 21.2 Å². The summed E-state index contributed by atoms with van der Waals surface area (Å²) in [6.07, 6.45) is 0. The molecule has 1 rings (SSSR count). The Morgan fingerprint density at radius 3 is 2.29 bits per heavy atom. The number of hydrogen-bond acceptors (Lipinski definition) is 3. The van der Waals surface area contributed by atoms with E-state index in [0.29, 0.717) is 10.8 Å². The lowest BCUT2D eigenvalue weighted by Crippen LogP contribution is -2.38. The van der Waals surface area contributed by atoms with Crippen molar-refractivity contribution >= 4 is 11.6 Å². The van der Waals surface area contributed by atoms with E-state index in [1.807, 2.05) is 37.2 Å². The van der Waals surface area contributed by atoms with E-state index in [1.54, 1.807) is 21.0 Å². The fourth-order valence-electron chi connectivity index (χ4n) is 2.19. The quantitative estimate of drug-likeness (QED) is 0.900. The van der Waals surface area contributed by atoms with E-state index < -0.39 is 5.60 Å². The molecule has 0 heterocycles. The molecule has 0 bridgehead atoms. The molecule has 0 amide bonds. The minimum Gasteiger partial charge on any atom is -0.495 e. The zero-order valence-electron chi connectivity index (χ0n) is 11.0. The predicted molar refractivity (Wildman–Crippen MR) is 70.7 cm³/mol. The van der Waals surface area contributed by atoms with Crippen molar-refractivity contribution in [2.24, 2.45) is 0 Å². The predicted octanol–water partition coefficient (Wildman–Crippen LogP) is 2.72. The standard InChI is InChI=1S/C13H20ClNO2/c1-13(2,16)12(15(3)4)9-6-7-11(17-5)10(14)8-9/h6-8,12,16H,1-5H3. The highest BCUT2D eigenvalue weighted by molar-refractivity contribution is 6.32. The molecule has 0 aliphatic carbocycles. The maximum atomic E-state index is 10.2. The fourth-order valence-corrected chi connectivity index (χ4v) is 2.46. The van der Waals surface area contributed by atoms with Crippen molar-refractivity contribution in [2.45, 2.75) is 25.5 Å². The van der Waals surface area contributed by atoms with E-state index >= 15 is 0 Å². The summed E-state index contributed by atoms with van der Waals surface area (Å²) in [6, 6.07) is 5.46. The van der Waals surface area contributed by atoms with Crippen LogP contribution >= 0.6 is 11.6 Å². The van der Waals surface area contributed by atoms with Gasteiger partial charge in [0.2, 0.25) is 0 Å². The smallest absolute Gasteiger partial charge is 0.137 e. The topological polar surface area (TPSA) is 32.7 Å². The molecule has 17 heavy (non-hydrogen) atoms. The van der Waals surface area contributed by atoms with Crippen LogP contribution in [0.25, 0.3) is 0 Å². The second kappa shape index (κ2) is 5.25. The maximum Gasteiger partial charge on any atom is 0.137 e. The summed E-state index contributed by atoms with van der Waals surface area (Å²) >= 11 is 6.10. The minimum absolute atomic E-state index is 0.120. The molecular weight excluding hydrogens is 238 g/mol. The van der Waals surface area contributed by atoms with Crippen molar-refractivity contribution in [1.29, 1.82) is 0 Å². The van der Waals surface area contributed by atoms with Crippen LogP contribution in [-0.4, -0.2) is 36.8 Å². The molecule has 0 spiro atoms. The van der Waals surface area contributed by atoms with E-state index in [4.69, 9.17) is 16.3 Å². The SMILES string of the molecule is COc1ccc(C(N(C)C)C(C)(C)O)cc1Cl. The van der Waals surface area contributed by atoms with Gasteiger partial charge in [0.15, 0.2) is 0 Å². The van der Waals surface area contributed by atoms with E-state index in [-0.39, 0.29) is 6.04 Å². The largest absolute Gasteiger partial charge is 0.495 e. The van der Waals surface area contributed by atoms with Gasteiger partial charge in [0.05, 0.1) is 23.8 Å². The highest BCUT2D eigenvalue weighted by Gasteiger charge is 2.30. The summed E-state index contributed by atoms with van der Waals surface area (Å²) in [7, 11) is 5.45. The summed E-state index contributed by atoms with van der Waals surface area (Å²) in [5, 5.41) is 10.8. The molecule has 0 saturated carbocycles. The molecule has 0 fully saturated rings. The summed E-state index contributed by atoms with van der Waals surface area (Å²) < 4.78 is 5.12. The second-order valence-corrected chi connectivity index (χ2v) is 5.32. The molecule has 1 aromatic rings. The van der Waals surface area contributed by atoms with Gasteiger partial charge in [-0.15, -0.1) is 0 Å². The molecular formula is C13H20ClNO2. The molecule has 1 N–H and O–H groups in total. The first-order valence-corrected chi connectivity index (χ1v) is 5.87. The molecule has 1 unspecified atom stereocenters. The third kappa shape index (κ3) is 3.35. The van der Waals surface area contributed by atoms with Crippen LogP contribution in [-0.2, 0) is 0 Å². The number of likely N-dealkylation sites (N-methyl/N-ethyl adjacent to an activating group) is 1. The van der Waals surface area contributed by atoms with E-state index in [9.17, 15) is 5.11 Å². The maximum absolute atomic E-state index is 10.2. The van der Waals surface area contributed by atoms with Gasteiger partial charge in [-0.25, -0.2) is 0 Å². The molecule has 0 aliphatic heterocycles. The molecule has 0 aliphatic rings. The van der Waals surface area contributed by atoms with Crippen LogP contribution in [0.1, 0.15) is 25.5 Å². The van der Waals surface area contributed by atoms with Gasteiger partial charge in [0.25, 0.3) is 0 Å². The van der Waals surface area contributed by atoms with E-state index in [1.165, 1.54) is 0 Å². The number of ether oxygens (including phenoxy) is 1. The minimum atomic E-state index is -0.846. The van der Waals surface area contributed by atoms with Gasteiger partial charge in [0, 0.05) is 0 Å². The van der Waals surface area contributed by atoms with E-state index in [0.717, 1.165) is 5.56 Å². The summed E-state index contributed by atoms with van der Waals surface area (Å²) in [6.45, 7) is 3.58. The lowest BCUT2D eigenvalue weighted by atomic mass is 9.91. The third-order valence-electron chi connectivity index (χ3n) is 2.68. The van der Waals surface area contributed by atoms with Crippen molar-refractivity contribution in [1.82, 2.24) is 4.90 Å². The lowest BCUT2D eigenvalue weighted by molar-refractivity contribution is -0.00316. The average molecular weight is 258 g/mol. The summed E-state index contributed by atoms with van der Waals surface area (Å²) in [5.74, 6) is 0.642. The number of rotatable bonds is 4. The Morgan fingerprint density at radius 1 is 1.35 bits per heavy atom. The third-order valence-corrected chi connectivity index (χ3v) is 2.97. The zero-order valence-corrected chi connectivity index (χ0v) is 11.7. The van der Waals surface area contributed by atoms with Gasteiger partial charge in [-0.05, 0) is 45.6 Å². The number of methoxy groups -OCH3 is 1. The Hall–Kier alpha value is -0.770. The Balaban J connectivity index is 3.17. The van der Waals surface area contributed by atoms with Gasteiger partial charge in [-0.3, -0.25) is 4.90 Å². The highest BCUT2D eigenvalue weighted by atomic mass is 35.5. The Morgan fingerprint density at radius 2 is 1.94 bits per heavy atom. The van der Waals surface area contributed by atoms with Gasteiger partial charge in [0.1, 0.15) is 5.75 Å². The van der Waals surface area contributed by atoms with Crippen LogP contribution in [0, 0.1) is 0 Å². The van der Waals surface area contributed by atoms with Crippen LogP contribution in [0.2, 0.25) is 5.02 Å². The number of benzene rings is 1. The first-order chi connectivity index (χ1) is 7.77. The number of aliphatic hydroxyl groups is 1. The molecule has 1 aromatic carbocycles. The second-order valence-electron chi connectivity index (χ2n) is 4.91. The van der Waals surface area contributed by atoms with Crippen LogP contribution in [0.3, 0.4) is 0 Å². The average Bonchev–Trinajstić information content (AvgIpc) is 2.15. The molecule has 0 radical (unpaired) electrons. The highest BCUT2D eigenvalue weighted by Crippen LogP contribution is 2.34. The zero-order chi connectivity index (χ0) is 13.2. The van der Waals surface area contributed by atoms with Crippen LogP contribution in [0.5, 0.6) is 5.75 Å². The van der Waals surface area contributed by atoms with Gasteiger partial charge < -0.3 is 9.84 Å². The molecule has 3 nitrogen and oxygen atoms in total. The molecule has 96 valence electrons. The molecule has 0 aromatic heterocycles. The van der Waals surface area contributed by atoms with Gasteiger partial charge in [-0.1, -0.05) is 17.7 Å². The first-order valence-electron chi connectivity index (χ1n) is 5.49. The van der Waals surface area contributed by atoms with Crippen molar-refractivity contribution < 1.29 is 9.84 Å². The number of hydrogen-bond donors (Lipinski definition) is 1. The monoisotopic (exact) mass is 257 g/mol. The lowest BCUT2D eigenvalue weighted by Gasteiger charge is -2.35. The normalized spacial score (nSPS) is 13.9. The number of halogens is 1. The van der Waals surface area contributed by atoms with Crippen molar-refractivity contribution in [3.8, 4) is 5.75 Å². The first kappa shape index (κ1) is 14.3. The Kier molecular flexibility index (Phi) is 4.42. The summed E-state index contributed by atoms with van der Waals surface area (Å²) in [5.41, 5.74) is 0.120. The number of nitrogens with zero attached hydrogens (tertiary/aromatic N) is 1. The van der Waals surface area contributed by atoms with Crippen LogP contribution < -0.4 is 4.74 Å². The Bertz CT molecular complexity index is 385. The van der Waals surface area contributed by atoms with Gasteiger partial charge in [-0.2, -0.15) is 0 Å². The molecule has 0 saturated heterocycles. The molecule has 1 atom stereocenters. The molecule has 4 heteroatoms. The van der Waals surface area contributed by atoms with Crippen molar-refractivity contribution in [3.63, 3.8) is 0 Å². The fraction of sp³-hybridized carbons (Fsp3) is 0.538. The van der Waals surface area contributed by atoms with Gasteiger partial charge >= 0.3 is 0 Å². The van der Waals surface area contributed by atoms with Crippen molar-refractivity contribution in [3.05, 3.63) is 28.8 Å². The van der Waals surface area contributed by atoms with Crippen LogP contribution in [0.15, 0.2) is 18.2 Å². The Labute approximate surface area is 108 Å². The van der Waals surface area contributed by atoms with Crippen LogP contribution in [0.4, 0.5) is 0 Å². The van der Waals surface area contributed by atoms with E-state index in [2.05, 4.69) is 0 Å².